The summed E-state index contributed by atoms with van der Waals surface area (Å²) in [5.41, 5.74) is 0. The summed E-state index contributed by atoms with van der Waals surface area (Å²) in [7, 11) is 0. The predicted molar refractivity (Wildman–Crippen MR) is 39.7 cm³/mol. The van der Waals surface area contributed by atoms with E-state index in [9.17, 15) is 0 Å². The number of rotatable bonds is 1. The van der Waals surface area contributed by atoms with E-state index < -0.39 is 6.16 Å². The van der Waals surface area contributed by atoms with Crippen LogP contribution in [0.2, 0.25) is 0 Å². The Kier molecular flexibility index (Phi) is 13.2. The third-order valence-electron chi connectivity index (χ3n) is 0.109. The van der Waals surface area contributed by atoms with Crippen molar-refractivity contribution < 1.29 is 15.0 Å². The molecule has 0 atom stereocenters. The topological polar surface area (TPSA) is 57.5 Å². The molecular weight excluding hydrogens is 223 g/mol. The van der Waals surface area contributed by atoms with E-state index in [2.05, 4.69) is 29.2 Å². The van der Waals surface area contributed by atoms with Gasteiger partial charge in [-0.05, 0) is 0 Å². The van der Waals surface area contributed by atoms with Crippen LogP contribution in [0.3, 0.4) is 0 Å². The van der Waals surface area contributed by atoms with Crippen molar-refractivity contribution in [2.24, 2.45) is 0 Å². The molecule has 0 saturated heterocycles. The minimum atomic E-state index is -1.83. The normalized spacial score (nSPS) is 6.12. The molecule has 0 fully saturated rings. The fraction of sp³-hybridized carbons (Fsp3) is 0.250. The van der Waals surface area contributed by atoms with Crippen molar-refractivity contribution in [3.63, 3.8) is 0 Å². The van der Waals surface area contributed by atoms with Crippen LogP contribution in [0, 0.1) is 0 Å². The van der Waals surface area contributed by atoms with Gasteiger partial charge >= 0.3 is 6.16 Å². The molecule has 0 rings (SSSR count). The smallest absolute Gasteiger partial charge is 0.450 e. The maximum atomic E-state index is 8.56. The zero-order valence-electron chi connectivity index (χ0n) is 4.17. The van der Waals surface area contributed by atoms with E-state index in [0.29, 0.717) is 0 Å². The molecule has 0 aliphatic heterocycles. The molecule has 3 nitrogen and oxygen atoms in total. The number of halogens is 1. The van der Waals surface area contributed by atoms with Gasteiger partial charge in [0.05, 0.1) is 0 Å². The van der Waals surface area contributed by atoms with Crippen molar-refractivity contribution in [2.75, 3.05) is 4.43 Å². The Bertz CT molecular complexity index is 67.7. The summed E-state index contributed by atoms with van der Waals surface area (Å²) in [6.45, 7) is 3.47. The lowest BCUT2D eigenvalue weighted by atomic mass is 10.8. The lowest BCUT2D eigenvalue weighted by Gasteiger charge is -1.60. The van der Waals surface area contributed by atoms with Crippen LogP contribution in [0.5, 0.6) is 0 Å². The molecule has 0 saturated carbocycles. The second-order valence-electron chi connectivity index (χ2n) is 0.726. The number of carboxylic acid groups (broad SMARTS) is 2. The van der Waals surface area contributed by atoms with Crippen molar-refractivity contribution >= 4 is 28.7 Å². The van der Waals surface area contributed by atoms with Crippen LogP contribution in [0.25, 0.3) is 0 Å². The van der Waals surface area contributed by atoms with Gasteiger partial charge in [-0.15, -0.1) is 6.58 Å². The lowest BCUT2D eigenvalue weighted by Crippen LogP contribution is -1.81. The van der Waals surface area contributed by atoms with Crippen LogP contribution in [0.15, 0.2) is 12.7 Å². The van der Waals surface area contributed by atoms with Crippen molar-refractivity contribution in [1.82, 2.24) is 0 Å². The van der Waals surface area contributed by atoms with Crippen molar-refractivity contribution in [1.29, 1.82) is 0 Å². The Morgan fingerprint density at radius 1 is 1.75 bits per heavy atom. The lowest BCUT2D eigenvalue weighted by molar-refractivity contribution is 0.137. The maximum absolute atomic E-state index is 8.56. The molecule has 0 spiro atoms. The number of alkyl halides is 1. The molecule has 0 aliphatic rings. The van der Waals surface area contributed by atoms with Crippen LogP contribution >= 0.6 is 22.6 Å². The van der Waals surface area contributed by atoms with E-state index in [0.717, 1.165) is 4.43 Å². The molecule has 48 valence electrons. The average Bonchev–Trinajstić information content (AvgIpc) is 1.65. The highest BCUT2D eigenvalue weighted by Crippen LogP contribution is 1.75. The van der Waals surface area contributed by atoms with Crippen LogP contribution < -0.4 is 0 Å². The molecule has 2 N–H and O–H groups in total. The van der Waals surface area contributed by atoms with E-state index >= 15 is 0 Å². The average molecular weight is 230 g/mol. The van der Waals surface area contributed by atoms with E-state index in [1.807, 2.05) is 6.08 Å². The predicted octanol–water partition coefficient (Wildman–Crippen LogP) is 1.83. The minimum Gasteiger partial charge on any atom is -0.450 e. The van der Waals surface area contributed by atoms with Crippen molar-refractivity contribution in [3.8, 4) is 0 Å². The fourth-order valence-corrected chi connectivity index (χ4v) is 0. The van der Waals surface area contributed by atoms with Crippen LogP contribution in [0.1, 0.15) is 0 Å². The summed E-state index contributed by atoms with van der Waals surface area (Å²) in [5.74, 6) is 0. The standard InChI is InChI=1S/C3H5I.CH2O3/c1-2-3-4;2-1(3)4/h2H,1,3H2;(H2,2,3,4). The van der Waals surface area contributed by atoms with E-state index in [1.165, 1.54) is 0 Å². The van der Waals surface area contributed by atoms with Gasteiger partial charge in [-0.1, -0.05) is 28.7 Å². The molecule has 0 aromatic carbocycles. The summed E-state index contributed by atoms with van der Waals surface area (Å²) in [6, 6.07) is 0. The third kappa shape index (κ3) is 236. The Balaban J connectivity index is 0. The number of hydrogen-bond donors (Lipinski definition) is 2. The number of allylic oxidation sites excluding steroid dienone is 1. The second-order valence-corrected chi connectivity index (χ2v) is 1.61. The van der Waals surface area contributed by atoms with Gasteiger partial charge < -0.3 is 10.2 Å². The molecule has 0 amide bonds. The van der Waals surface area contributed by atoms with Gasteiger partial charge in [0.1, 0.15) is 0 Å². The Morgan fingerprint density at radius 3 is 1.88 bits per heavy atom. The largest absolute Gasteiger partial charge is 0.503 e. The first-order valence-electron chi connectivity index (χ1n) is 1.74. The van der Waals surface area contributed by atoms with Gasteiger partial charge in [-0.3, -0.25) is 0 Å². The van der Waals surface area contributed by atoms with E-state index in [4.69, 9.17) is 15.0 Å². The first-order chi connectivity index (χ1) is 3.65. The summed E-state index contributed by atoms with van der Waals surface area (Å²) >= 11 is 2.23. The van der Waals surface area contributed by atoms with E-state index in [1.54, 1.807) is 0 Å². The molecule has 0 radical (unpaired) electrons. The SMILES string of the molecule is C=CCI.O=C(O)O. The fourth-order valence-electron chi connectivity index (χ4n) is 0. The van der Waals surface area contributed by atoms with Gasteiger partial charge in [0.2, 0.25) is 0 Å². The minimum absolute atomic E-state index is 1.05. The van der Waals surface area contributed by atoms with E-state index in [-0.39, 0.29) is 0 Å². The highest BCUT2D eigenvalue weighted by molar-refractivity contribution is 14.1. The molecular formula is C4H7IO3. The van der Waals surface area contributed by atoms with Crippen LogP contribution in [-0.2, 0) is 0 Å². The summed E-state index contributed by atoms with van der Waals surface area (Å²) in [5, 5.41) is 13.9. The van der Waals surface area contributed by atoms with Gasteiger partial charge in [-0.25, -0.2) is 4.79 Å². The van der Waals surface area contributed by atoms with Gasteiger partial charge in [0.25, 0.3) is 0 Å². The first kappa shape index (κ1) is 10.7. The van der Waals surface area contributed by atoms with Gasteiger partial charge in [-0.2, -0.15) is 0 Å². The van der Waals surface area contributed by atoms with Crippen molar-refractivity contribution in [2.45, 2.75) is 0 Å². The quantitative estimate of drug-likeness (QED) is 0.410. The maximum Gasteiger partial charge on any atom is 0.503 e. The molecule has 0 aromatic rings. The molecule has 0 aromatic heterocycles. The monoisotopic (exact) mass is 230 g/mol. The molecule has 0 heterocycles. The molecule has 0 bridgehead atoms. The van der Waals surface area contributed by atoms with Crippen molar-refractivity contribution in [3.05, 3.63) is 12.7 Å². The Morgan fingerprint density at radius 2 is 1.88 bits per heavy atom. The third-order valence-corrected chi connectivity index (χ3v) is 0.732. The molecule has 0 unspecified atom stereocenters. The van der Waals surface area contributed by atoms with Crippen LogP contribution in [-0.4, -0.2) is 20.8 Å². The second kappa shape index (κ2) is 9.88. The number of hydrogen-bond acceptors (Lipinski definition) is 1. The van der Waals surface area contributed by atoms with Gasteiger partial charge in [0, 0.05) is 4.43 Å². The van der Waals surface area contributed by atoms with Gasteiger partial charge in [0.15, 0.2) is 0 Å². The highest BCUT2D eigenvalue weighted by Gasteiger charge is 1.70. The zero-order valence-corrected chi connectivity index (χ0v) is 6.33. The van der Waals surface area contributed by atoms with Crippen LogP contribution in [0.4, 0.5) is 4.79 Å². The summed E-state index contributed by atoms with van der Waals surface area (Å²) < 4.78 is 1.05. The number of carbonyl (C=O) groups is 1. The molecule has 0 aliphatic carbocycles. The first-order valence-corrected chi connectivity index (χ1v) is 3.26. The Hall–Kier alpha value is -0.260. The zero-order chi connectivity index (χ0) is 6.99. The highest BCUT2D eigenvalue weighted by atomic mass is 127. The summed E-state index contributed by atoms with van der Waals surface area (Å²) in [4.78, 5) is 8.56. The summed E-state index contributed by atoms with van der Waals surface area (Å²) in [6.07, 6.45) is 0.0283. The Labute approximate surface area is 61.2 Å². The molecule has 8 heavy (non-hydrogen) atoms. The molecule has 4 heteroatoms.